The van der Waals surface area contributed by atoms with Crippen LogP contribution in [0.2, 0.25) is 10.0 Å². The number of rotatable bonds is 3. The molecule has 0 radical (unpaired) electrons. The van der Waals surface area contributed by atoms with Gasteiger partial charge in [-0.2, -0.15) is 0 Å². The topological polar surface area (TPSA) is 55.9 Å². The number of nitrogens with two attached hydrogens (primary N) is 1. The fourth-order valence-electron chi connectivity index (χ4n) is 1.70. The van der Waals surface area contributed by atoms with Gasteiger partial charge in [-0.1, -0.05) is 35.3 Å². The van der Waals surface area contributed by atoms with Gasteiger partial charge in [0.1, 0.15) is 11.9 Å². The van der Waals surface area contributed by atoms with Crippen LogP contribution in [0.15, 0.2) is 30.6 Å². The van der Waals surface area contributed by atoms with Crippen LogP contribution in [0.4, 0.5) is 0 Å². The minimum absolute atomic E-state index is 0.291. The maximum atomic E-state index is 6.17. The summed E-state index contributed by atoms with van der Waals surface area (Å²) in [7, 11) is 1.89. The average molecular weight is 271 g/mol. The first-order chi connectivity index (χ1) is 8.15. The summed E-state index contributed by atoms with van der Waals surface area (Å²) >= 11 is 12.2. The van der Waals surface area contributed by atoms with E-state index in [1.54, 1.807) is 12.3 Å². The van der Waals surface area contributed by atoms with Gasteiger partial charge in [-0.15, -0.1) is 0 Å². The van der Waals surface area contributed by atoms with E-state index in [4.69, 9.17) is 29.0 Å². The Morgan fingerprint density at radius 3 is 2.76 bits per heavy atom. The Labute approximate surface area is 109 Å². The van der Waals surface area contributed by atoms with Gasteiger partial charge in [0.25, 0.3) is 0 Å². The molecule has 0 saturated heterocycles. The van der Waals surface area contributed by atoms with Crippen LogP contribution >= 0.6 is 23.2 Å². The lowest BCUT2D eigenvalue weighted by molar-refractivity contribution is 0.580. The largest absolute Gasteiger partial charge is 0.336 e. The first-order valence-corrected chi connectivity index (χ1v) is 5.78. The summed E-state index contributed by atoms with van der Waals surface area (Å²) in [5, 5.41) is 0.985. The van der Waals surface area contributed by atoms with E-state index in [-0.39, 0.29) is 6.04 Å². The first-order valence-electron chi connectivity index (χ1n) is 5.02. The molecule has 1 aromatic carbocycles. The molecule has 17 heavy (non-hydrogen) atoms. The molecule has 0 amide bonds. The predicted octanol–water partition coefficient (Wildman–Crippen LogP) is 2.28. The van der Waals surface area contributed by atoms with E-state index in [9.17, 15) is 0 Å². The molecule has 1 aromatic heterocycles. The SMILES string of the molecule is Cn1ccnc1C(NN)c1cccc(Cl)c1Cl. The smallest absolute Gasteiger partial charge is 0.131 e. The quantitative estimate of drug-likeness (QED) is 0.665. The molecule has 0 aliphatic carbocycles. The van der Waals surface area contributed by atoms with Crippen LogP contribution in [0.5, 0.6) is 0 Å². The molecule has 4 nitrogen and oxygen atoms in total. The average Bonchev–Trinajstić information content (AvgIpc) is 2.72. The third-order valence-electron chi connectivity index (χ3n) is 2.58. The van der Waals surface area contributed by atoms with Crippen molar-refractivity contribution >= 4 is 23.2 Å². The number of hydrogen-bond donors (Lipinski definition) is 2. The van der Waals surface area contributed by atoms with Crippen molar-refractivity contribution in [3.05, 3.63) is 52.0 Å². The van der Waals surface area contributed by atoms with Crippen LogP contribution in [0.3, 0.4) is 0 Å². The van der Waals surface area contributed by atoms with Crippen LogP contribution < -0.4 is 11.3 Å². The second-order valence-electron chi connectivity index (χ2n) is 3.64. The molecule has 0 spiro atoms. The Morgan fingerprint density at radius 1 is 1.41 bits per heavy atom. The summed E-state index contributed by atoms with van der Waals surface area (Å²) in [4.78, 5) is 4.25. The summed E-state index contributed by atoms with van der Waals surface area (Å²) in [5.74, 6) is 6.35. The van der Waals surface area contributed by atoms with Crippen molar-refractivity contribution in [1.29, 1.82) is 0 Å². The fourth-order valence-corrected chi connectivity index (χ4v) is 2.12. The standard InChI is InChI=1S/C11H12Cl2N4/c1-17-6-5-15-11(17)10(16-14)7-3-2-4-8(12)9(7)13/h2-6,10,16H,14H2,1H3. The monoisotopic (exact) mass is 270 g/mol. The van der Waals surface area contributed by atoms with Crippen molar-refractivity contribution in [1.82, 2.24) is 15.0 Å². The zero-order chi connectivity index (χ0) is 12.4. The molecule has 1 heterocycles. The first kappa shape index (κ1) is 12.4. The lowest BCUT2D eigenvalue weighted by Crippen LogP contribution is -2.31. The van der Waals surface area contributed by atoms with Gasteiger partial charge in [-0.3, -0.25) is 5.84 Å². The molecule has 0 aliphatic heterocycles. The number of imidazole rings is 1. The second kappa shape index (κ2) is 5.06. The zero-order valence-electron chi connectivity index (χ0n) is 9.19. The van der Waals surface area contributed by atoms with Gasteiger partial charge in [0.2, 0.25) is 0 Å². The summed E-state index contributed by atoms with van der Waals surface area (Å²) in [5.41, 5.74) is 3.51. The lowest BCUT2D eigenvalue weighted by atomic mass is 10.1. The fraction of sp³-hybridized carbons (Fsp3) is 0.182. The van der Waals surface area contributed by atoms with E-state index >= 15 is 0 Å². The highest BCUT2D eigenvalue weighted by Crippen LogP contribution is 2.31. The Kier molecular flexibility index (Phi) is 3.69. The predicted molar refractivity (Wildman–Crippen MR) is 68.8 cm³/mol. The number of nitrogens with one attached hydrogen (secondary N) is 1. The molecular formula is C11H12Cl2N4. The number of hydrogen-bond acceptors (Lipinski definition) is 3. The number of halogens is 2. The van der Waals surface area contributed by atoms with Gasteiger partial charge in [-0.05, 0) is 11.6 Å². The zero-order valence-corrected chi connectivity index (χ0v) is 10.7. The van der Waals surface area contributed by atoms with E-state index in [1.165, 1.54) is 0 Å². The Hall–Kier alpha value is -1.07. The Balaban J connectivity index is 2.50. The third-order valence-corrected chi connectivity index (χ3v) is 3.41. The molecule has 1 atom stereocenters. The van der Waals surface area contributed by atoms with Gasteiger partial charge in [0.05, 0.1) is 10.0 Å². The van der Waals surface area contributed by atoms with Crippen molar-refractivity contribution < 1.29 is 0 Å². The second-order valence-corrected chi connectivity index (χ2v) is 4.42. The molecule has 2 aromatic rings. The normalized spacial score (nSPS) is 12.7. The number of hydrazine groups is 1. The number of aryl methyl sites for hydroxylation is 1. The van der Waals surface area contributed by atoms with Gasteiger partial charge >= 0.3 is 0 Å². The minimum atomic E-state index is -0.291. The third kappa shape index (κ3) is 2.30. The van der Waals surface area contributed by atoms with E-state index in [0.29, 0.717) is 10.0 Å². The van der Waals surface area contributed by atoms with E-state index in [0.717, 1.165) is 11.4 Å². The molecule has 0 fully saturated rings. The van der Waals surface area contributed by atoms with E-state index in [1.807, 2.05) is 29.9 Å². The molecule has 2 rings (SSSR count). The maximum Gasteiger partial charge on any atom is 0.131 e. The molecule has 0 bridgehead atoms. The van der Waals surface area contributed by atoms with E-state index in [2.05, 4.69) is 10.4 Å². The minimum Gasteiger partial charge on any atom is -0.336 e. The van der Waals surface area contributed by atoms with Crippen molar-refractivity contribution in [2.24, 2.45) is 12.9 Å². The molecule has 90 valence electrons. The van der Waals surface area contributed by atoms with Crippen LogP contribution in [-0.2, 0) is 7.05 Å². The van der Waals surface area contributed by atoms with E-state index < -0.39 is 0 Å². The van der Waals surface area contributed by atoms with Gasteiger partial charge in [0, 0.05) is 19.4 Å². The van der Waals surface area contributed by atoms with Crippen LogP contribution in [0.1, 0.15) is 17.4 Å². The molecule has 3 N–H and O–H groups in total. The number of aromatic nitrogens is 2. The summed E-state index contributed by atoms with van der Waals surface area (Å²) < 4.78 is 1.88. The highest BCUT2D eigenvalue weighted by molar-refractivity contribution is 6.42. The number of benzene rings is 1. The molecule has 6 heteroatoms. The van der Waals surface area contributed by atoms with Crippen LogP contribution in [-0.4, -0.2) is 9.55 Å². The van der Waals surface area contributed by atoms with Gasteiger partial charge in [0.15, 0.2) is 0 Å². The molecular weight excluding hydrogens is 259 g/mol. The van der Waals surface area contributed by atoms with Crippen molar-refractivity contribution in [3.8, 4) is 0 Å². The summed E-state index contributed by atoms with van der Waals surface area (Å²) in [6.45, 7) is 0. The lowest BCUT2D eigenvalue weighted by Gasteiger charge is -2.17. The molecule has 1 unspecified atom stereocenters. The summed E-state index contributed by atoms with van der Waals surface area (Å²) in [6.07, 6.45) is 3.55. The number of nitrogens with zero attached hydrogens (tertiary/aromatic N) is 2. The van der Waals surface area contributed by atoms with Crippen LogP contribution in [0.25, 0.3) is 0 Å². The Bertz CT molecular complexity index is 524. The van der Waals surface area contributed by atoms with Crippen molar-refractivity contribution in [3.63, 3.8) is 0 Å². The highest BCUT2D eigenvalue weighted by atomic mass is 35.5. The van der Waals surface area contributed by atoms with Crippen molar-refractivity contribution in [2.75, 3.05) is 0 Å². The molecule has 0 saturated carbocycles. The van der Waals surface area contributed by atoms with Crippen molar-refractivity contribution in [2.45, 2.75) is 6.04 Å². The summed E-state index contributed by atoms with van der Waals surface area (Å²) in [6, 6.07) is 5.14. The van der Waals surface area contributed by atoms with Gasteiger partial charge in [-0.25, -0.2) is 10.4 Å². The molecule has 0 aliphatic rings. The van der Waals surface area contributed by atoms with Gasteiger partial charge < -0.3 is 4.57 Å². The maximum absolute atomic E-state index is 6.17. The highest BCUT2D eigenvalue weighted by Gasteiger charge is 2.20. The van der Waals surface area contributed by atoms with Crippen LogP contribution in [0, 0.1) is 0 Å². The Morgan fingerprint density at radius 2 is 2.18 bits per heavy atom.